The van der Waals surface area contributed by atoms with Crippen molar-refractivity contribution in [3.8, 4) is 0 Å². The van der Waals surface area contributed by atoms with E-state index in [2.05, 4.69) is 51.3 Å². The van der Waals surface area contributed by atoms with Crippen molar-refractivity contribution in [2.75, 3.05) is 31.5 Å². The molecule has 1 fully saturated rings. The summed E-state index contributed by atoms with van der Waals surface area (Å²) in [4.78, 5) is 15.0. The van der Waals surface area contributed by atoms with Crippen LogP contribution in [0.1, 0.15) is 56.5 Å². The Morgan fingerprint density at radius 1 is 1.19 bits per heavy atom. The molecule has 0 bridgehead atoms. The summed E-state index contributed by atoms with van der Waals surface area (Å²) >= 11 is 0. The molecule has 1 atom stereocenters. The Morgan fingerprint density at radius 2 is 1.81 bits per heavy atom. The van der Waals surface area contributed by atoms with E-state index < -0.39 is 0 Å². The highest BCUT2D eigenvalue weighted by atomic mass is 35.5. The van der Waals surface area contributed by atoms with Crippen molar-refractivity contribution in [3.63, 3.8) is 0 Å². The molecule has 1 heterocycles. The first-order chi connectivity index (χ1) is 11.9. The van der Waals surface area contributed by atoms with Gasteiger partial charge in [-0.05, 0) is 69.3 Å². The van der Waals surface area contributed by atoms with Crippen LogP contribution in [0.5, 0.6) is 0 Å². The SMILES string of the molecule is CCNCC1CCN(C(=O)c2cccc(NC(C)C(C)C)c2C)CC1.Cl.Cl. The largest absolute Gasteiger partial charge is 0.382 e. The minimum Gasteiger partial charge on any atom is -0.382 e. The predicted octanol–water partition coefficient (Wildman–Crippen LogP) is 4.76. The van der Waals surface area contributed by atoms with Gasteiger partial charge in [0.2, 0.25) is 0 Å². The van der Waals surface area contributed by atoms with E-state index in [9.17, 15) is 4.79 Å². The van der Waals surface area contributed by atoms with Crippen LogP contribution in [0.3, 0.4) is 0 Å². The lowest BCUT2D eigenvalue weighted by Crippen LogP contribution is -2.41. The highest BCUT2D eigenvalue weighted by Crippen LogP contribution is 2.24. The molecule has 1 aromatic carbocycles. The van der Waals surface area contributed by atoms with E-state index in [1.54, 1.807) is 0 Å². The third-order valence-corrected chi connectivity index (χ3v) is 5.53. The summed E-state index contributed by atoms with van der Waals surface area (Å²) in [6, 6.07) is 6.42. The van der Waals surface area contributed by atoms with Crippen LogP contribution in [-0.2, 0) is 0 Å². The molecular formula is C21H37Cl2N3O. The predicted molar refractivity (Wildman–Crippen MR) is 121 cm³/mol. The summed E-state index contributed by atoms with van der Waals surface area (Å²) < 4.78 is 0. The van der Waals surface area contributed by atoms with Crippen molar-refractivity contribution in [2.24, 2.45) is 11.8 Å². The first-order valence-corrected chi connectivity index (χ1v) is 9.80. The van der Waals surface area contributed by atoms with Gasteiger partial charge in [-0.2, -0.15) is 0 Å². The van der Waals surface area contributed by atoms with Gasteiger partial charge < -0.3 is 15.5 Å². The van der Waals surface area contributed by atoms with Crippen molar-refractivity contribution < 1.29 is 4.79 Å². The first kappa shape index (κ1) is 26.0. The molecule has 1 aromatic rings. The van der Waals surface area contributed by atoms with Crippen LogP contribution in [0.15, 0.2) is 18.2 Å². The Kier molecular flexibility index (Phi) is 12.0. The molecule has 6 heteroatoms. The quantitative estimate of drug-likeness (QED) is 0.671. The molecule has 0 aromatic heterocycles. The molecule has 1 saturated heterocycles. The monoisotopic (exact) mass is 417 g/mol. The number of likely N-dealkylation sites (tertiary alicyclic amines) is 1. The van der Waals surface area contributed by atoms with Gasteiger partial charge in [-0.15, -0.1) is 24.8 Å². The molecule has 1 amide bonds. The summed E-state index contributed by atoms with van der Waals surface area (Å²) in [5.41, 5.74) is 2.98. The molecule has 0 spiro atoms. The number of halogens is 2. The van der Waals surface area contributed by atoms with Gasteiger partial charge in [-0.25, -0.2) is 0 Å². The van der Waals surface area contributed by atoms with E-state index in [0.717, 1.165) is 55.8 Å². The van der Waals surface area contributed by atoms with Crippen LogP contribution in [0.25, 0.3) is 0 Å². The lowest BCUT2D eigenvalue weighted by molar-refractivity contribution is 0.0689. The fourth-order valence-electron chi connectivity index (χ4n) is 3.29. The topological polar surface area (TPSA) is 44.4 Å². The van der Waals surface area contributed by atoms with Gasteiger partial charge in [0.15, 0.2) is 0 Å². The lowest BCUT2D eigenvalue weighted by Gasteiger charge is -2.32. The van der Waals surface area contributed by atoms with E-state index in [0.29, 0.717) is 17.9 Å². The zero-order valence-electron chi connectivity index (χ0n) is 17.4. The average molecular weight is 418 g/mol. The van der Waals surface area contributed by atoms with Crippen LogP contribution in [-0.4, -0.2) is 43.0 Å². The van der Waals surface area contributed by atoms with Gasteiger partial charge in [0, 0.05) is 30.4 Å². The minimum absolute atomic E-state index is 0. The zero-order valence-corrected chi connectivity index (χ0v) is 19.0. The minimum atomic E-state index is 0. The molecule has 0 saturated carbocycles. The van der Waals surface area contributed by atoms with E-state index in [4.69, 9.17) is 0 Å². The normalized spacial score (nSPS) is 15.7. The number of rotatable bonds is 7. The van der Waals surface area contributed by atoms with Gasteiger partial charge in [0.1, 0.15) is 0 Å². The maximum atomic E-state index is 13.0. The summed E-state index contributed by atoms with van der Waals surface area (Å²) in [6.07, 6.45) is 2.19. The van der Waals surface area contributed by atoms with Crippen LogP contribution < -0.4 is 10.6 Å². The van der Waals surface area contributed by atoms with Crippen LogP contribution in [0.2, 0.25) is 0 Å². The van der Waals surface area contributed by atoms with E-state index >= 15 is 0 Å². The number of carbonyl (C=O) groups excluding carboxylic acids is 1. The van der Waals surface area contributed by atoms with E-state index in [-0.39, 0.29) is 30.7 Å². The average Bonchev–Trinajstić information content (AvgIpc) is 2.61. The van der Waals surface area contributed by atoms with Gasteiger partial charge in [-0.1, -0.05) is 26.8 Å². The second-order valence-electron chi connectivity index (χ2n) is 7.70. The summed E-state index contributed by atoms with van der Waals surface area (Å²) in [6.45, 7) is 14.6. The number of anilines is 1. The Labute approximate surface area is 177 Å². The standard InChI is InChI=1S/C21H35N3O.2ClH/c1-6-22-14-18-10-12-24(13-11-18)21(25)19-8-7-9-20(16(19)4)23-17(5)15(2)3;;/h7-9,15,17-18,22-23H,6,10-14H2,1-5H3;2*1H. The molecule has 156 valence electrons. The number of hydrogen-bond donors (Lipinski definition) is 2. The fraction of sp³-hybridized carbons (Fsp3) is 0.667. The second kappa shape index (κ2) is 12.5. The highest BCUT2D eigenvalue weighted by Gasteiger charge is 2.25. The fourth-order valence-corrected chi connectivity index (χ4v) is 3.29. The molecule has 2 rings (SSSR count). The summed E-state index contributed by atoms with van der Waals surface area (Å²) in [5, 5.41) is 6.98. The molecule has 0 radical (unpaired) electrons. The molecule has 1 unspecified atom stereocenters. The first-order valence-electron chi connectivity index (χ1n) is 9.80. The van der Waals surface area contributed by atoms with E-state index in [1.807, 2.05) is 17.0 Å². The smallest absolute Gasteiger partial charge is 0.254 e. The molecular weight excluding hydrogens is 381 g/mol. The van der Waals surface area contributed by atoms with Crippen molar-refractivity contribution in [1.82, 2.24) is 10.2 Å². The van der Waals surface area contributed by atoms with Crippen LogP contribution in [0.4, 0.5) is 5.69 Å². The van der Waals surface area contributed by atoms with Crippen LogP contribution in [0, 0.1) is 18.8 Å². The number of carbonyl (C=O) groups is 1. The summed E-state index contributed by atoms with van der Waals surface area (Å²) in [5.74, 6) is 1.43. The third-order valence-electron chi connectivity index (χ3n) is 5.53. The maximum absolute atomic E-state index is 13.0. The van der Waals surface area contributed by atoms with Crippen molar-refractivity contribution in [3.05, 3.63) is 29.3 Å². The highest BCUT2D eigenvalue weighted by molar-refractivity contribution is 5.97. The van der Waals surface area contributed by atoms with Crippen molar-refractivity contribution in [2.45, 2.75) is 53.5 Å². The Balaban J connectivity index is 0.00000338. The van der Waals surface area contributed by atoms with Crippen molar-refractivity contribution >= 4 is 36.4 Å². The molecule has 1 aliphatic rings. The number of nitrogens with one attached hydrogen (secondary N) is 2. The van der Waals surface area contributed by atoms with E-state index in [1.165, 1.54) is 0 Å². The lowest BCUT2D eigenvalue weighted by atomic mass is 9.95. The third kappa shape index (κ3) is 7.17. The van der Waals surface area contributed by atoms with Gasteiger partial charge >= 0.3 is 0 Å². The molecule has 1 aliphatic heterocycles. The second-order valence-corrected chi connectivity index (χ2v) is 7.70. The van der Waals surface area contributed by atoms with Gasteiger partial charge in [-0.3, -0.25) is 4.79 Å². The van der Waals surface area contributed by atoms with Crippen LogP contribution >= 0.6 is 24.8 Å². The number of hydrogen-bond acceptors (Lipinski definition) is 3. The van der Waals surface area contributed by atoms with Gasteiger partial charge in [0.25, 0.3) is 5.91 Å². The molecule has 0 aliphatic carbocycles. The Hall–Kier alpha value is -0.970. The van der Waals surface area contributed by atoms with Crippen molar-refractivity contribution in [1.29, 1.82) is 0 Å². The Morgan fingerprint density at radius 3 is 2.37 bits per heavy atom. The molecule has 4 nitrogen and oxygen atoms in total. The molecule has 27 heavy (non-hydrogen) atoms. The number of benzene rings is 1. The number of amides is 1. The van der Waals surface area contributed by atoms with Gasteiger partial charge in [0.05, 0.1) is 0 Å². The number of nitrogens with zero attached hydrogens (tertiary/aromatic N) is 1. The number of piperidine rings is 1. The summed E-state index contributed by atoms with van der Waals surface area (Å²) in [7, 11) is 0. The Bertz CT molecular complexity index is 573. The maximum Gasteiger partial charge on any atom is 0.254 e. The molecule has 2 N–H and O–H groups in total. The zero-order chi connectivity index (χ0) is 18.4.